The highest BCUT2D eigenvalue weighted by molar-refractivity contribution is 6.00. The number of fused-ring (bicyclic) bond motifs is 1. The molecule has 0 aliphatic carbocycles. The molecule has 1 aliphatic heterocycles. The molecule has 0 atom stereocenters. The van der Waals surface area contributed by atoms with Crippen LogP contribution in [0.15, 0.2) is 12.2 Å². The van der Waals surface area contributed by atoms with Gasteiger partial charge < -0.3 is 20.3 Å². The molecule has 0 fully saturated rings. The second-order valence-corrected chi connectivity index (χ2v) is 5.42. The number of nitrogens with two attached hydrogens (primary N) is 1. The Kier molecular flexibility index (Phi) is 5.26. The van der Waals surface area contributed by atoms with Gasteiger partial charge in [0.15, 0.2) is 0 Å². The van der Waals surface area contributed by atoms with Crippen LogP contribution in [0, 0.1) is 6.92 Å². The van der Waals surface area contributed by atoms with Crippen molar-refractivity contribution < 1.29 is 24.2 Å². The lowest BCUT2D eigenvalue weighted by Gasteiger charge is -2.16. The van der Waals surface area contributed by atoms with Gasteiger partial charge in [0.25, 0.3) is 0 Å². The minimum atomic E-state index is -0.812. The highest BCUT2D eigenvalue weighted by Gasteiger charge is 2.30. The Morgan fingerprint density at radius 1 is 1.39 bits per heavy atom. The quantitative estimate of drug-likeness (QED) is 0.455. The summed E-state index contributed by atoms with van der Waals surface area (Å²) >= 11 is 0. The number of anilines is 1. The molecule has 6 heteroatoms. The number of carbonyl (C=O) groups excluding carboxylic acids is 1. The Morgan fingerprint density at radius 2 is 2.09 bits per heavy atom. The molecule has 0 unspecified atom stereocenters. The van der Waals surface area contributed by atoms with Crippen LogP contribution in [0.4, 0.5) is 5.69 Å². The van der Waals surface area contributed by atoms with E-state index in [-0.39, 0.29) is 19.0 Å². The largest absolute Gasteiger partial charge is 0.496 e. The lowest BCUT2D eigenvalue weighted by molar-refractivity contribution is -0.136. The molecule has 0 amide bonds. The molecular weight excluding hydrogens is 298 g/mol. The Labute approximate surface area is 134 Å². The number of hydrogen-bond donors (Lipinski definition) is 2. The van der Waals surface area contributed by atoms with Gasteiger partial charge in [-0.15, -0.1) is 0 Å². The number of benzene rings is 1. The number of nitrogen functional groups attached to an aromatic ring is 1. The van der Waals surface area contributed by atoms with Gasteiger partial charge in [0.1, 0.15) is 12.4 Å². The standard InChI is InChI=1S/C17H21NO5/c1-10-12-9-23-17(21)14(12)15(18)11(16(10)22-2)7-5-3-4-6-8-13(19)20/h3-4H,5-9,18H2,1-2H3,(H,19,20)/b4-3+. The van der Waals surface area contributed by atoms with Crippen LogP contribution in [0.5, 0.6) is 5.75 Å². The van der Waals surface area contributed by atoms with Gasteiger partial charge in [-0.3, -0.25) is 4.79 Å². The summed E-state index contributed by atoms with van der Waals surface area (Å²) < 4.78 is 10.6. The number of esters is 1. The van der Waals surface area contributed by atoms with Gasteiger partial charge in [-0.1, -0.05) is 12.2 Å². The number of allylic oxidation sites excluding steroid dienone is 2. The zero-order valence-corrected chi connectivity index (χ0v) is 13.3. The summed E-state index contributed by atoms with van der Waals surface area (Å²) in [6, 6.07) is 0. The second kappa shape index (κ2) is 7.17. The maximum Gasteiger partial charge on any atom is 0.341 e. The Balaban J connectivity index is 2.18. The fourth-order valence-electron chi connectivity index (χ4n) is 2.80. The van der Waals surface area contributed by atoms with Gasteiger partial charge >= 0.3 is 11.9 Å². The third-order valence-electron chi connectivity index (χ3n) is 3.97. The highest BCUT2D eigenvalue weighted by Crippen LogP contribution is 2.39. The topological polar surface area (TPSA) is 98.9 Å². The van der Waals surface area contributed by atoms with Gasteiger partial charge in [0, 0.05) is 17.5 Å². The van der Waals surface area contributed by atoms with Crippen molar-refractivity contribution in [2.45, 2.75) is 39.2 Å². The number of cyclic esters (lactones) is 1. The number of methoxy groups -OCH3 is 1. The summed E-state index contributed by atoms with van der Waals surface area (Å²) in [7, 11) is 1.58. The van der Waals surface area contributed by atoms with Crippen LogP contribution in [0.25, 0.3) is 0 Å². The minimum absolute atomic E-state index is 0.117. The first-order chi connectivity index (χ1) is 11.0. The van der Waals surface area contributed by atoms with Gasteiger partial charge in [-0.2, -0.15) is 0 Å². The molecule has 23 heavy (non-hydrogen) atoms. The zero-order chi connectivity index (χ0) is 17.0. The first-order valence-corrected chi connectivity index (χ1v) is 7.49. The molecule has 0 saturated heterocycles. The molecule has 1 aliphatic rings. The fourth-order valence-corrected chi connectivity index (χ4v) is 2.80. The van der Waals surface area contributed by atoms with E-state index in [0.717, 1.165) is 16.7 Å². The third-order valence-corrected chi connectivity index (χ3v) is 3.97. The summed E-state index contributed by atoms with van der Waals surface area (Å²) in [5.41, 5.74) is 9.52. The van der Waals surface area contributed by atoms with E-state index in [1.54, 1.807) is 7.11 Å². The summed E-state index contributed by atoms with van der Waals surface area (Å²) in [6.45, 7) is 2.13. The van der Waals surface area contributed by atoms with E-state index in [2.05, 4.69) is 0 Å². The molecule has 3 N–H and O–H groups in total. The van der Waals surface area contributed by atoms with E-state index in [9.17, 15) is 9.59 Å². The van der Waals surface area contributed by atoms with Crippen LogP contribution >= 0.6 is 0 Å². The van der Waals surface area contributed by atoms with Crippen LogP contribution < -0.4 is 10.5 Å². The number of rotatable bonds is 7. The molecule has 124 valence electrons. The predicted octanol–water partition coefficient (Wildman–Crippen LogP) is 2.61. The van der Waals surface area contributed by atoms with Crippen LogP contribution in [-0.2, 0) is 22.6 Å². The SMILES string of the molecule is COc1c(C)c2c(c(N)c1CC/C=C/CCC(=O)O)C(=O)OC2. The van der Waals surface area contributed by atoms with Gasteiger partial charge in [-0.05, 0) is 31.7 Å². The molecule has 1 aromatic rings. The Bertz CT molecular complexity index is 664. The van der Waals surface area contributed by atoms with E-state index < -0.39 is 5.97 Å². The molecule has 0 saturated carbocycles. The monoisotopic (exact) mass is 319 g/mol. The van der Waals surface area contributed by atoms with E-state index in [4.69, 9.17) is 20.3 Å². The average molecular weight is 319 g/mol. The van der Waals surface area contributed by atoms with Crippen molar-refractivity contribution in [2.24, 2.45) is 0 Å². The Morgan fingerprint density at radius 3 is 2.74 bits per heavy atom. The third kappa shape index (κ3) is 3.47. The van der Waals surface area contributed by atoms with Crippen LogP contribution in [0.2, 0.25) is 0 Å². The maximum atomic E-state index is 11.9. The van der Waals surface area contributed by atoms with E-state index in [0.29, 0.717) is 36.3 Å². The summed E-state index contributed by atoms with van der Waals surface area (Å²) in [6.07, 6.45) is 5.67. The number of carboxylic acid groups (broad SMARTS) is 1. The lowest BCUT2D eigenvalue weighted by Crippen LogP contribution is -2.08. The normalized spacial score (nSPS) is 13.2. The van der Waals surface area contributed by atoms with Crippen LogP contribution in [0.1, 0.15) is 46.3 Å². The summed E-state index contributed by atoms with van der Waals surface area (Å²) in [4.78, 5) is 22.3. The highest BCUT2D eigenvalue weighted by atomic mass is 16.5. The molecule has 2 rings (SSSR count). The fraction of sp³-hybridized carbons (Fsp3) is 0.412. The van der Waals surface area contributed by atoms with E-state index in [1.807, 2.05) is 19.1 Å². The van der Waals surface area contributed by atoms with Crippen LogP contribution in [-0.4, -0.2) is 24.2 Å². The second-order valence-electron chi connectivity index (χ2n) is 5.42. The molecule has 0 aromatic heterocycles. The van der Waals surface area contributed by atoms with Gasteiger partial charge in [0.05, 0.1) is 18.4 Å². The number of ether oxygens (including phenoxy) is 2. The molecule has 6 nitrogen and oxygen atoms in total. The summed E-state index contributed by atoms with van der Waals surface area (Å²) in [5.74, 6) is -0.506. The first kappa shape index (κ1) is 16.9. The first-order valence-electron chi connectivity index (χ1n) is 7.49. The molecular formula is C17H21NO5. The number of carbonyl (C=O) groups is 2. The lowest BCUT2D eigenvalue weighted by atomic mass is 9.94. The van der Waals surface area contributed by atoms with Crippen LogP contribution in [0.3, 0.4) is 0 Å². The van der Waals surface area contributed by atoms with Crippen molar-refractivity contribution >= 4 is 17.6 Å². The number of carboxylic acids is 1. The molecule has 0 bridgehead atoms. The van der Waals surface area contributed by atoms with Crippen molar-refractivity contribution in [1.29, 1.82) is 0 Å². The Hall–Kier alpha value is -2.50. The minimum Gasteiger partial charge on any atom is -0.496 e. The smallest absolute Gasteiger partial charge is 0.341 e. The van der Waals surface area contributed by atoms with Gasteiger partial charge in [-0.25, -0.2) is 4.79 Å². The van der Waals surface area contributed by atoms with Gasteiger partial charge in [0.2, 0.25) is 0 Å². The van der Waals surface area contributed by atoms with Crippen molar-refractivity contribution in [3.63, 3.8) is 0 Å². The van der Waals surface area contributed by atoms with E-state index >= 15 is 0 Å². The number of hydrogen-bond acceptors (Lipinski definition) is 5. The molecule has 1 aromatic carbocycles. The van der Waals surface area contributed by atoms with Crippen molar-refractivity contribution in [3.8, 4) is 5.75 Å². The van der Waals surface area contributed by atoms with Crippen molar-refractivity contribution in [3.05, 3.63) is 34.4 Å². The van der Waals surface area contributed by atoms with Crippen molar-refractivity contribution in [2.75, 3.05) is 12.8 Å². The predicted molar refractivity (Wildman–Crippen MR) is 85.6 cm³/mol. The molecule has 0 spiro atoms. The summed E-state index contributed by atoms with van der Waals surface area (Å²) in [5, 5.41) is 8.59. The average Bonchev–Trinajstić information content (AvgIpc) is 2.89. The maximum absolute atomic E-state index is 11.9. The molecule has 0 radical (unpaired) electrons. The number of aliphatic carboxylic acids is 1. The zero-order valence-electron chi connectivity index (χ0n) is 13.3. The van der Waals surface area contributed by atoms with E-state index in [1.165, 1.54) is 0 Å². The molecule has 1 heterocycles. The van der Waals surface area contributed by atoms with Crippen molar-refractivity contribution in [1.82, 2.24) is 0 Å².